The molecular formula is C24H31N4NiO2. The van der Waals surface area contributed by atoms with Crippen LogP contribution in [0.2, 0.25) is 0 Å². The van der Waals surface area contributed by atoms with E-state index >= 15 is 0 Å². The van der Waals surface area contributed by atoms with Crippen molar-refractivity contribution in [1.82, 2.24) is 9.97 Å². The molecule has 0 unspecified atom stereocenters. The fraction of sp³-hybridized carbons (Fsp3) is 0.333. The first-order valence-corrected chi connectivity index (χ1v) is 10.0. The van der Waals surface area contributed by atoms with Crippen LogP contribution in [0.5, 0.6) is 0 Å². The summed E-state index contributed by atoms with van der Waals surface area (Å²) in [5, 5.41) is 13.0. The van der Waals surface area contributed by atoms with Gasteiger partial charge in [0.05, 0.1) is 10.4 Å². The average molecular weight is 466 g/mol. The third-order valence-corrected chi connectivity index (χ3v) is 5.20. The van der Waals surface area contributed by atoms with Crippen LogP contribution in [0.3, 0.4) is 0 Å². The van der Waals surface area contributed by atoms with Gasteiger partial charge in [0.25, 0.3) is 5.69 Å². The number of rotatable bonds is 1. The van der Waals surface area contributed by atoms with E-state index in [9.17, 15) is 10.1 Å². The van der Waals surface area contributed by atoms with Gasteiger partial charge in [0.15, 0.2) is 0 Å². The number of aromatic nitrogens is 2. The Morgan fingerprint density at radius 1 is 0.806 bits per heavy atom. The van der Waals surface area contributed by atoms with Gasteiger partial charge in [0, 0.05) is 46.5 Å². The first-order chi connectivity index (χ1) is 13.9. The van der Waals surface area contributed by atoms with Crippen molar-refractivity contribution in [2.75, 3.05) is 5.73 Å². The Balaban J connectivity index is 0.000000215. The topological polar surface area (TPSA) is 101 Å². The molecule has 169 valence electrons. The second-order valence-corrected chi connectivity index (χ2v) is 9.70. The molecule has 2 aromatic carbocycles. The number of aromatic amines is 2. The molecule has 0 aliphatic carbocycles. The van der Waals surface area contributed by atoms with E-state index in [0.29, 0.717) is 0 Å². The van der Waals surface area contributed by atoms with E-state index in [4.69, 9.17) is 5.73 Å². The molecule has 0 fully saturated rings. The van der Waals surface area contributed by atoms with Crippen LogP contribution in [0.25, 0.3) is 21.8 Å². The molecule has 0 saturated heterocycles. The second-order valence-electron chi connectivity index (χ2n) is 9.70. The van der Waals surface area contributed by atoms with E-state index in [1.54, 1.807) is 12.1 Å². The first kappa shape index (κ1) is 24.5. The molecule has 0 spiro atoms. The van der Waals surface area contributed by atoms with Gasteiger partial charge in [-0.3, -0.25) is 10.1 Å². The summed E-state index contributed by atoms with van der Waals surface area (Å²) in [4.78, 5) is 16.6. The van der Waals surface area contributed by atoms with Crippen LogP contribution in [-0.2, 0) is 27.3 Å². The standard InChI is InChI=1S/C12H14N2O2.C12H16N2.Ni.H/c1-12(2,3)10-7-13-11-6-8(14(15)16)4-5-9(10)11;1-12(2,3)10-7-14-11-6-8(13)4-5-9(10)11;;/h4-7,13H,1-3H3;4-7,14H,13H2,1-3H3;;. The van der Waals surface area contributed by atoms with Crippen LogP contribution in [0, 0.1) is 10.1 Å². The van der Waals surface area contributed by atoms with Gasteiger partial charge in [-0.25, -0.2) is 0 Å². The maximum atomic E-state index is 10.6. The predicted octanol–water partition coefficient (Wildman–Crippen LogP) is 6.15. The van der Waals surface area contributed by atoms with Gasteiger partial charge in [-0.15, -0.1) is 0 Å². The zero-order valence-corrected chi connectivity index (χ0v) is 19.8. The monoisotopic (exact) mass is 465 g/mol. The molecule has 0 radical (unpaired) electrons. The molecule has 7 heteroatoms. The molecule has 4 N–H and O–H groups in total. The minimum absolute atomic E-state index is 0. The van der Waals surface area contributed by atoms with Crippen LogP contribution in [0.1, 0.15) is 52.7 Å². The average Bonchev–Trinajstić information content (AvgIpc) is 3.24. The Hall–Kier alpha value is -2.79. The molecule has 0 atom stereocenters. The van der Waals surface area contributed by atoms with E-state index in [1.807, 2.05) is 24.4 Å². The van der Waals surface area contributed by atoms with Crippen molar-refractivity contribution >= 4 is 33.2 Å². The summed E-state index contributed by atoms with van der Waals surface area (Å²) in [5.41, 5.74) is 11.3. The number of non-ortho nitro benzene ring substituents is 1. The van der Waals surface area contributed by atoms with Crippen LogP contribution < -0.4 is 5.73 Å². The fourth-order valence-electron chi connectivity index (χ4n) is 3.61. The molecule has 2 aromatic heterocycles. The summed E-state index contributed by atoms with van der Waals surface area (Å²) in [6, 6.07) is 10.9. The van der Waals surface area contributed by atoms with Crippen LogP contribution >= 0.6 is 0 Å². The van der Waals surface area contributed by atoms with Crippen molar-refractivity contribution in [3.63, 3.8) is 0 Å². The summed E-state index contributed by atoms with van der Waals surface area (Å²) in [5.74, 6) is 0. The van der Waals surface area contributed by atoms with Gasteiger partial charge in [0.2, 0.25) is 0 Å². The van der Waals surface area contributed by atoms with Crippen LogP contribution in [-0.4, -0.2) is 14.9 Å². The molecule has 0 amide bonds. The number of nitrogens with one attached hydrogen (secondary N) is 2. The fourth-order valence-corrected chi connectivity index (χ4v) is 3.61. The van der Waals surface area contributed by atoms with Crippen molar-refractivity contribution in [2.45, 2.75) is 52.4 Å². The Bertz CT molecular complexity index is 1210. The number of nitrogens with two attached hydrogens (primary N) is 1. The zero-order valence-electron chi connectivity index (χ0n) is 18.8. The number of fused-ring (bicyclic) bond motifs is 2. The Morgan fingerprint density at radius 2 is 1.26 bits per heavy atom. The molecular weight excluding hydrogens is 435 g/mol. The molecule has 0 aliphatic rings. The van der Waals surface area contributed by atoms with Gasteiger partial charge in [-0.2, -0.15) is 0 Å². The minimum atomic E-state index is -0.378. The van der Waals surface area contributed by atoms with Gasteiger partial charge in [-0.05, 0) is 40.2 Å². The molecule has 4 rings (SSSR count). The summed E-state index contributed by atoms with van der Waals surface area (Å²) < 4.78 is 0. The van der Waals surface area contributed by atoms with Gasteiger partial charge < -0.3 is 15.7 Å². The molecule has 0 bridgehead atoms. The third-order valence-electron chi connectivity index (χ3n) is 5.20. The van der Waals surface area contributed by atoms with Crippen LogP contribution in [0.4, 0.5) is 11.4 Å². The van der Waals surface area contributed by atoms with Gasteiger partial charge >= 0.3 is 16.5 Å². The number of hydrogen-bond donors (Lipinski definition) is 3. The zero-order chi connectivity index (χ0) is 22.3. The normalized spacial score (nSPS) is 11.7. The maximum absolute atomic E-state index is 10.6. The number of benzene rings is 2. The van der Waals surface area contributed by atoms with E-state index in [2.05, 4.69) is 63.8 Å². The molecule has 6 nitrogen and oxygen atoms in total. The van der Waals surface area contributed by atoms with E-state index in [-0.39, 0.29) is 37.9 Å². The Labute approximate surface area is 192 Å². The number of hydrogen-bond acceptors (Lipinski definition) is 3. The summed E-state index contributed by atoms with van der Waals surface area (Å²) >= 11 is 0. The first-order valence-electron chi connectivity index (χ1n) is 10.0. The molecule has 31 heavy (non-hydrogen) atoms. The predicted molar refractivity (Wildman–Crippen MR) is 126 cm³/mol. The summed E-state index contributed by atoms with van der Waals surface area (Å²) in [6.07, 6.45) is 4.00. The molecule has 0 saturated carbocycles. The molecule has 4 aromatic rings. The van der Waals surface area contributed by atoms with Crippen molar-refractivity contribution in [3.8, 4) is 0 Å². The number of nitro benzene ring substituents is 1. The van der Waals surface area contributed by atoms with Crippen molar-refractivity contribution in [1.29, 1.82) is 0 Å². The number of H-pyrrole nitrogens is 2. The van der Waals surface area contributed by atoms with Crippen molar-refractivity contribution in [3.05, 3.63) is 70.0 Å². The summed E-state index contributed by atoms with van der Waals surface area (Å²) in [6.45, 7) is 13.0. The van der Waals surface area contributed by atoms with Crippen LogP contribution in [0.15, 0.2) is 48.8 Å². The quantitative estimate of drug-likeness (QED) is 0.136. The molecule has 0 aliphatic heterocycles. The Kier molecular flexibility index (Phi) is 6.92. The third kappa shape index (κ3) is 5.29. The number of nitrogen functional groups attached to an aromatic ring is 1. The second kappa shape index (κ2) is 8.76. The number of anilines is 1. The van der Waals surface area contributed by atoms with E-state index in [1.165, 1.54) is 16.5 Å². The molecule has 2 heterocycles. The van der Waals surface area contributed by atoms with Gasteiger partial charge in [0.1, 0.15) is 0 Å². The van der Waals surface area contributed by atoms with E-state index < -0.39 is 0 Å². The number of nitrogens with zero attached hydrogens (tertiary/aromatic N) is 1. The van der Waals surface area contributed by atoms with Crippen molar-refractivity contribution < 1.29 is 21.4 Å². The summed E-state index contributed by atoms with van der Waals surface area (Å²) in [7, 11) is 0. The Morgan fingerprint density at radius 3 is 1.71 bits per heavy atom. The van der Waals surface area contributed by atoms with Crippen molar-refractivity contribution in [2.24, 2.45) is 0 Å². The SMILES string of the molecule is CC(C)(C)c1c[nH]c2cc(N)ccc12.CC(C)(C)c1c[nH]c2cc([N+](=O)[O-])ccc12.[NiH]. The van der Waals surface area contributed by atoms with E-state index in [0.717, 1.165) is 22.1 Å². The van der Waals surface area contributed by atoms with Gasteiger partial charge in [-0.1, -0.05) is 47.6 Å². The number of nitro groups is 1.